The SMILES string of the molecule is COc1ccc(CCC(=O)O[C@H](C)C(=O)Nc2ccccc2F)cc1. The number of carbonyl (C=O) groups is 2. The monoisotopic (exact) mass is 345 g/mol. The average Bonchev–Trinajstić information content (AvgIpc) is 2.62. The third-order valence-corrected chi connectivity index (χ3v) is 3.59. The van der Waals surface area contributed by atoms with Crippen molar-refractivity contribution in [3.8, 4) is 5.75 Å². The lowest BCUT2D eigenvalue weighted by atomic mass is 10.1. The molecule has 0 unspecified atom stereocenters. The second-order valence-corrected chi connectivity index (χ2v) is 5.45. The fraction of sp³-hybridized carbons (Fsp3) is 0.263. The van der Waals surface area contributed by atoms with Crippen LogP contribution in [0.15, 0.2) is 48.5 Å². The van der Waals surface area contributed by atoms with Gasteiger partial charge in [0.25, 0.3) is 5.91 Å². The van der Waals surface area contributed by atoms with Crippen LogP contribution in [0.25, 0.3) is 0 Å². The minimum absolute atomic E-state index is 0.0497. The Morgan fingerprint density at radius 3 is 2.44 bits per heavy atom. The molecule has 0 aliphatic carbocycles. The lowest BCUT2D eigenvalue weighted by molar-refractivity contribution is -0.153. The zero-order valence-electron chi connectivity index (χ0n) is 14.1. The van der Waals surface area contributed by atoms with E-state index in [9.17, 15) is 14.0 Å². The second kappa shape index (κ2) is 8.82. The van der Waals surface area contributed by atoms with Gasteiger partial charge < -0.3 is 14.8 Å². The van der Waals surface area contributed by atoms with Crippen molar-refractivity contribution >= 4 is 17.6 Å². The number of amides is 1. The van der Waals surface area contributed by atoms with Crippen molar-refractivity contribution in [2.75, 3.05) is 12.4 Å². The number of aryl methyl sites for hydroxylation is 1. The van der Waals surface area contributed by atoms with E-state index in [0.29, 0.717) is 6.42 Å². The molecule has 6 heteroatoms. The molecule has 5 nitrogen and oxygen atoms in total. The van der Waals surface area contributed by atoms with Gasteiger partial charge in [0.1, 0.15) is 11.6 Å². The molecule has 1 N–H and O–H groups in total. The number of anilines is 1. The molecule has 0 saturated carbocycles. The number of benzene rings is 2. The van der Waals surface area contributed by atoms with Gasteiger partial charge in [-0.05, 0) is 43.2 Å². The third kappa shape index (κ3) is 5.60. The number of nitrogens with one attached hydrogen (secondary N) is 1. The van der Waals surface area contributed by atoms with Gasteiger partial charge in [-0.15, -0.1) is 0 Å². The van der Waals surface area contributed by atoms with Crippen molar-refractivity contribution in [3.63, 3.8) is 0 Å². The molecule has 0 aromatic heterocycles. The zero-order chi connectivity index (χ0) is 18.2. The van der Waals surface area contributed by atoms with Gasteiger partial charge in [-0.3, -0.25) is 9.59 Å². The molecule has 2 aromatic carbocycles. The fourth-order valence-electron chi connectivity index (χ4n) is 2.15. The Hall–Kier alpha value is -2.89. The van der Waals surface area contributed by atoms with E-state index in [1.807, 2.05) is 24.3 Å². The van der Waals surface area contributed by atoms with E-state index in [1.165, 1.54) is 25.1 Å². The van der Waals surface area contributed by atoms with Crippen LogP contribution in [0.3, 0.4) is 0 Å². The van der Waals surface area contributed by atoms with Crippen LogP contribution in [0.2, 0.25) is 0 Å². The molecule has 2 rings (SSSR count). The maximum Gasteiger partial charge on any atom is 0.306 e. The van der Waals surface area contributed by atoms with Gasteiger partial charge in [-0.1, -0.05) is 24.3 Å². The number of halogens is 1. The Morgan fingerprint density at radius 2 is 1.80 bits per heavy atom. The molecule has 0 aliphatic rings. The normalized spacial score (nSPS) is 11.5. The highest BCUT2D eigenvalue weighted by Crippen LogP contribution is 2.14. The van der Waals surface area contributed by atoms with Crippen LogP contribution >= 0.6 is 0 Å². The Kier molecular flexibility index (Phi) is 6.51. The molecule has 0 heterocycles. The molecular formula is C19H20FNO4. The van der Waals surface area contributed by atoms with Crippen LogP contribution in [0, 0.1) is 5.82 Å². The van der Waals surface area contributed by atoms with E-state index in [1.54, 1.807) is 13.2 Å². The quantitative estimate of drug-likeness (QED) is 0.782. The van der Waals surface area contributed by atoms with Gasteiger partial charge in [-0.25, -0.2) is 4.39 Å². The number of para-hydroxylation sites is 1. The smallest absolute Gasteiger partial charge is 0.306 e. The van der Waals surface area contributed by atoms with Gasteiger partial charge in [0, 0.05) is 6.42 Å². The molecule has 2 aromatic rings. The number of hydrogen-bond acceptors (Lipinski definition) is 4. The highest BCUT2D eigenvalue weighted by molar-refractivity contribution is 5.95. The standard InChI is InChI=1S/C19H20FNO4/c1-13(19(23)21-17-6-4-3-5-16(17)20)25-18(22)12-9-14-7-10-15(24-2)11-8-14/h3-8,10-11,13H,9,12H2,1-2H3,(H,21,23)/t13-/m1/s1. The first-order valence-electron chi connectivity index (χ1n) is 7.87. The molecular weight excluding hydrogens is 325 g/mol. The summed E-state index contributed by atoms with van der Waals surface area (Å²) in [4.78, 5) is 23.8. The molecule has 1 amide bonds. The number of rotatable bonds is 7. The van der Waals surface area contributed by atoms with Gasteiger partial charge >= 0.3 is 5.97 Å². The summed E-state index contributed by atoms with van der Waals surface area (Å²) >= 11 is 0. The largest absolute Gasteiger partial charge is 0.497 e. The summed E-state index contributed by atoms with van der Waals surface area (Å²) in [5.74, 6) is -0.881. The van der Waals surface area contributed by atoms with Crippen molar-refractivity contribution in [1.82, 2.24) is 0 Å². The summed E-state index contributed by atoms with van der Waals surface area (Å²) in [7, 11) is 1.58. The van der Waals surface area contributed by atoms with Crippen LogP contribution in [0.5, 0.6) is 5.75 Å². The lowest BCUT2D eigenvalue weighted by Gasteiger charge is -2.14. The number of carbonyl (C=O) groups excluding carboxylic acids is 2. The molecule has 25 heavy (non-hydrogen) atoms. The molecule has 1 atom stereocenters. The van der Waals surface area contributed by atoms with Crippen LogP contribution in [-0.4, -0.2) is 25.1 Å². The predicted molar refractivity (Wildman–Crippen MR) is 91.9 cm³/mol. The molecule has 0 aliphatic heterocycles. The van der Waals surface area contributed by atoms with E-state index < -0.39 is 23.8 Å². The van der Waals surface area contributed by atoms with Gasteiger partial charge in [0.2, 0.25) is 0 Å². The summed E-state index contributed by atoms with van der Waals surface area (Å²) < 4.78 is 23.7. The van der Waals surface area contributed by atoms with E-state index in [2.05, 4.69) is 5.32 Å². The Morgan fingerprint density at radius 1 is 1.12 bits per heavy atom. The summed E-state index contributed by atoms with van der Waals surface area (Å²) in [5.41, 5.74) is 1.01. The third-order valence-electron chi connectivity index (χ3n) is 3.59. The number of hydrogen-bond donors (Lipinski definition) is 1. The molecule has 0 bridgehead atoms. The first-order valence-corrected chi connectivity index (χ1v) is 7.87. The van der Waals surface area contributed by atoms with Crippen molar-refractivity contribution in [2.24, 2.45) is 0 Å². The summed E-state index contributed by atoms with van der Waals surface area (Å²) in [5, 5.41) is 2.40. The highest BCUT2D eigenvalue weighted by Gasteiger charge is 2.18. The summed E-state index contributed by atoms with van der Waals surface area (Å²) in [6.07, 6.45) is -0.378. The molecule has 0 spiro atoms. The van der Waals surface area contributed by atoms with E-state index in [0.717, 1.165) is 11.3 Å². The predicted octanol–water partition coefficient (Wildman–Crippen LogP) is 3.34. The maximum absolute atomic E-state index is 13.5. The van der Waals surface area contributed by atoms with Gasteiger partial charge in [-0.2, -0.15) is 0 Å². The van der Waals surface area contributed by atoms with Crippen molar-refractivity contribution < 1.29 is 23.5 Å². The highest BCUT2D eigenvalue weighted by atomic mass is 19.1. The molecule has 0 fully saturated rings. The van der Waals surface area contributed by atoms with Crippen molar-refractivity contribution in [2.45, 2.75) is 25.9 Å². The van der Waals surface area contributed by atoms with Crippen LogP contribution in [-0.2, 0) is 20.7 Å². The van der Waals surface area contributed by atoms with Gasteiger partial charge in [0.15, 0.2) is 6.10 Å². The van der Waals surface area contributed by atoms with E-state index in [-0.39, 0.29) is 12.1 Å². The zero-order valence-corrected chi connectivity index (χ0v) is 14.1. The average molecular weight is 345 g/mol. The number of ether oxygens (including phenoxy) is 2. The lowest BCUT2D eigenvalue weighted by Crippen LogP contribution is -2.30. The van der Waals surface area contributed by atoms with E-state index in [4.69, 9.17) is 9.47 Å². The van der Waals surface area contributed by atoms with Crippen molar-refractivity contribution in [3.05, 3.63) is 59.9 Å². The first-order chi connectivity index (χ1) is 12.0. The summed E-state index contributed by atoms with van der Waals surface area (Å²) in [6, 6.07) is 13.1. The topological polar surface area (TPSA) is 64.6 Å². The minimum atomic E-state index is -1.01. The Bertz CT molecular complexity index is 730. The van der Waals surface area contributed by atoms with Crippen LogP contribution < -0.4 is 10.1 Å². The fourth-order valence-corrected chi connectivity index (χ4v) is 2.15. The maximum atomic E-state index is 13.5. The van der Waals surface area contributed by atoms with Gasteiger partial charge in [0.05, 0.1) is 12.8 Å². The molecule has 132 valence electrons. The Balaban J connectivity index is 1.80. The summed E-state index contributed by atoms with van der Waals surface area (Å²) in [6.45, 7) is 1.45. The molecule has 0 radical (unpaired) electrons. The van der Waals surface area contributed by atoms with Crippen molar-refractivity contribution in [1.29, 1.82) is 0 Å². The van der Waals surface area contributed by atoms with E-state index >= 15 is 0 Å². The second-order valence-electron chi connectivity index (χ2n) is 5.45. The number of methoxy groups -OCH3 is 1. The molecule has 0 saturated heterocycles. The minimum Gasteiger partial charge on any atom is -0.497 e. The number of esters is 1. The Labute approximate surface area is 145 Å². The van der Waals surface area contributed by atoms with Crippen LogP contribution in [0.1, 0.15) is 18.9 Å². The van der Waals surface area contributed by atoms with Crippen LogP contribution in [0.4, 0.5) is 10.1 Å². The first kappa shape index (κ1) is 18.4.